The fourth-order valence-corrected chi connectivity index (χ4v) is 2.78. The van der Waals surface area contributed by atoms with Gasteiger partial charge in [-0.05, 0) is 37.5 Å². The highest BCUT2D eigenvalue weighted by Crippen LogP contribution is 2.20. The lowest BCUT2D eigenvalue weighted by atomic mass is 9.98. The third-order valence-electron chi connectivity index (χ3n) is 3.76. The summed E-state index contributed by atoms with van der Waals surface area (Å²) in [6, 6.07) is 5.60. The van der Waals surface area contributed by atoms with Crippen LogP contribution in [0.3, 0.4) is 0 Å². The van der Waals surface area contributed by atoms with Crippen molar-refractivity contribution < 1.29 is 9.53 Å². The van der Waals surface area contributed by atoms with Gasteiger partial charge in [0.2, 0.25) is 0 Å². The van der Waals surface area contributed by atoms with Crippen molar-refractivity contribution in [2.45, 2.75) is 50.0 Å². The van der Waals surface area contributed by atoms with Gasteiger partial charge in [0.05, 0.1) is 12.7 Å². The first-order valence-electron chi connectivity index (χ1n) is 7.36. The number of aryl methyl sites for hydroxylation is 1. The Hall–Kier alpha value is -1.00. The van der Waals surface area contributed by atoms with Gasteiger partial charge in [0.15, 0.2) is 0 Å². The number of hydrogen-bond acceptors (Lipinski definition) is 3. The van der Waals surface area contributed by atoms with Gasteiger partial charge in [-0.1, -0.05) is 25.3 Å². The van der Waals surface area contributed by atoms with E-state index in [1.54, 1.807) is 6.07 Å². The zero-order valence-corrected chi connectivity index (χ0v) is 12.9. The van der Waals surface area contributed by atoms with E-state index < -0.39 is 0 Å². The van der Waals surface area contributed by atoms with Crippen molar-refractivity contribution in [3.63, 3.8) is 0 Å². The van der Waals surface area contributed by atoms with E-state index in [2.05, 4.69) is 17.9 Å². The Morgan fingerprint density at radius 1 is 1.35 bits per heavy atom. The van der Waals surface area contributed by atoms with Crippen molar-refractivity contribution in [3.05, 3.63) is 29.3 Å². The van der Waals surface area contributed by atoms with Gasteiger partial charge >= 0.3 is 0 Å². The minimum Gasteiger partial charge on any atom is -0.376 e. The standard InChI is InChI=1S/C16H23NO2S/c1-12-7-8-14(20)11-15(12)16(18)17-9-10-19-13-5-3-2-4-6-13/h7-8,11,13,20H,2-6,9-10H2,1H3,(H,17,18). The maximum Gasteiger partial charge on any atom is 0.251 e. The zero-order valence-electron chi connectivity index (χ0n) is 12.0. The predicted molar refractivity (Wildman–Crippen MR) is 83.6 cm³/mol. The number of amides is 1. The van der Waals surface area contributed by atoms with E-state index in [-0.39, 0.29) is 5.91 Å². The fraction of sp³-hybridized carbons (Fsp3) is 0.562. The topological polar surface area (TPSA) is 38.3 Å². The van der Waals surface area contributed by atoms with E-state index >= 15 is 0 Å². The quantitative estimate of drug-likeness (QED) is 0.645. The van der Waals surface area contributed by atoms with Crippen LogP contribution in [0.1, 0.15) is 48.0 Å². The second-order valence-corrected chi connectivity index (χ2v) is 5.90. The number of carbonyl (C=O) groups excluding carboxylic acids is 1. The van der Waals surface area contributed by atoms with E-state index in [0.29, 0.717) is 24.8 Å². The van der Waals surface area contributed by atoms with Crippen LogP contribution in [0.4, 0.5) is 0 Å². The summed E-state index contributed by atoms with van der Waals surface area (Å²) in [6.45, 7) is 3.09. The molecule has 1 amide bonds. The first-order chi connectivity index (χ1) is 9.66. The summed E-state index contributed by atoms with van der Waals surface area (Å²) in [4.78, 5) is 12.9. The van der Waals surface area contributed by atoms with Gasteiger partial charge < -0.3 is 10.1 Å². The molecule has 2 rings (SSSR count). The molecule has 1 aromatic carbocycles. The van der Waals surface area contributed by atoms with E-state index in [4.69, 9.17) is 4.74 Å². The average Bonchev–Trinajstić information content (AvgIpc) is 2.47. The Morgan fingerprint density at radius 3 is 2.85 bits per heavy atom. The number of carbonyl (C=O) groups is 1. The molecule has 20 heavy (non-hydrogen) atoms. The SMILES string of the molecule is Cc1ccc(S)cc1C(=O)NCCOC1CCCCC1. The molecule has 1 aliphatic rings. The van der Waals surface area contributed by atoms with Crippen molar-refractivity contribution in [3.8, 4) is 0 Å². The third-order valence-corrected chi connectivity index (χ3v) is 4.04. The number of hydrogen-bond donors (Lipinski definition) is 2. The number of ether oxygens (including phenoxy) is 1. The lowest BCUT2D eigenvalue weighted by Gasteiger charge is -2.22. The minimum absolute atomic E-state index is 0.0503. The van der Waals surface area contributed by atoms with Crippen LogP contribution >= 0.6 is 12.6 Å². The first kappa shape index (κ1) is 15.4. The van der Waals surface area contributed by atoms with Gasteiger partial charge in [-0.15, -0.1) is 12.6 Å². The molecule has 0 bridgehead atoms. The summed E-state index contributed by atoms with van der Waals surface area (Å²) < 4.78 is 5.79. The van der Waals surface area contributed by atoms with Crippen molar-refractivity contribution in [1.29, 1.82) is 0 Å². The molecule has 0 unspecified atom stereocenters. The van der Waals surface area contributed by atoms with Crippen molar-refractivity contribution >= 4 is 18.5 Å². The van der Waals surface area contributed by atoms with Gasteiger partial charge in [0, 0.05) is 17.0 Å². The van der Waals surface area contributed by atoms with E-state index in [1.807, 2.05) is 19.1 Å². The first-order valence-corrected chi connectivity index (χ1v) is 7.81. The highest BCUT2D eigenvalue weighted by Gasteiger charge is 2.14. The molecule has 1 saturated carbocycles. The summed E-state index contributed by atoms with van der Waals surface area (Å²) in [7, 11) is 0. The number of thiol groups is 1. The molecule has 1 N–H and O–H groups in total. The smallest absolute Gasteiger partial charge is 0.251 e. The third kappa shape index (κ3) is 4.53. The molecule has 1 aromatic rings. The van der Waals surface area contributed by atoms with Crippen molar-refractivity contribution in [2.75, 3.05) is 13.2 Å². The van der Waals surface area contributed by atoms with E-state index in [0.717, 1.165) is 23.3 Å². The molecule has 110 valence electrons. The summed E-state index contributed by atoms with van der Waals surface area (Å²) in [6.07, 6.45) is 6.58. The fourth-order valence-electron chi connectivity index (χ4n) is 2.57. The summed E-state index contributed by atoms with van der Waals surface area (Å²) in [5, 5.41) is 2.91. The largest absolute Gasteiger partial charge is 0.376 e. The highest BCUT2D eigenvalue weighted by molar-refractivity contribution is 7.80. The van der Waals surface area contributed by atoms with Crippen molar-refractivity contribution in [1.82, 2.24) is 5.32 Å². The Balaban J connectivity index is 1.73. The van der Waals surface area contributed by atoms with Crippen molar-refractivity contribution in [2.24, 2.45) is 0 Å². The molecule has 3 nitrogen and oxygen atoms in total. The Bertz CT molecular complexity index is 456. The molecular weight excluding hydrogens is 270 g/mol. The van der Waals surface area contributed by atoms with Gasteiger partial charge in [0.1, 0.15) is 0 Å². The van der Waals surface area contributed by atoms with Crippen LogP contribution in [0.15, 0.2) is 23.1 Å². The Morgan fingerprint density at radius 2 is 2.10 bits per heavy atom. The van der Waals surface area contributed by atoms with Gasteiger partial charge in [-0.2, -0.15) is 0 Å². The molecule has 1 fully saturated rings. The van der Waals surface area contributed by atoms with E-state index in [9.17, 15) is 4.79 Å². The van der Waals surface area contributed by atoms with Gasteiger partial charge in [0.25, 0.3) is 5.91 Å². The second kappa shape index (κ2) is 7.70. The number of rotatable bonds is 5. The summed E-state index contributed by atoms with van der Waals surface area (Å²) >= 11 is 4.27. The van der Waals surface area contributed by atoms with Crippen LogP contribution in [0, 0.1) is 6.92 Å². The Labute approximate surface area is 126 Å². The zero-order chi connectivity index (χ0) is 14.4. The molecular formula is C16H23NO2S. The van der Waals surface area contributed by atoms with Gasteiger partial charge in [-0.25, -0.2) is 0 Å². The second-order valence-electron chi connectivity index (χ2n) is 5.39. The lowest BCUT2D eigenvalue weighted by molar-refractivity contribution is 0.0299. The summed E-state index contributed by atoms with van der Waals surface area (Å²) in [5.41, 5.74) is 1.66. The van der Waals surface area contributed by atoms with E-state index in [1.165, 1.54) is 19.3 Å². The lowest BCUT2D eigenvalue weighted by Crippen LogP contribution is -2.29. The Kier molecular flexibility index (Phi) is 5.92. The van der Waals surface area contributed by atoms with Crippen LogP contribution in [-0.4, -0.2) is 25.2 Å². The summed E-state index contributed by atoms with van der Waals surface area (Å²) in [5.74, 6) is -0.0503. The van der Waals surface area contributed by atoms with Crippen LogP contribution in [0.25, 0.3) is 0 Å². The highest BCUT2D eigenvalue weighted by atomic mass is 32.1. The molecule has 4 heteroatoms. The van der Waals surface area contributed by atoms with Gasteiger partial charge in [-0.3, -0.25) is 4.79 Å². The average molecular weight is 293 g/mol. The van der Waals surface area contributed by atoms with Crippen LogP contribution in [0.2, 0.25) is 0 Å². The molecule has 0 spiro atoms. The molecule has 0 heterocycles. The number of nitrogens with one attached hydrogen (secondary N) is 1. The van der Waals surface area contributed by atoms with Crippen LogP contribution < -0.4 is 5.32 Å². The maximum absolute atomic E-state index is 12.1. The monoisotopic (exact) mass is 293 g/mol. The molecule has 0 aromatic heterocycles. The van der Waals surface area contributed by atoms with Crippen LogP contribution in [0.5, 0.6) is 0 Å². The minimum atomic E-state index is -0.0503. The normalized spacial score (nSPS) is 16.1. The number of benzene rings is 1. The molecule has 1 aliphatic carbocycles. The van der Waals surface area contributed by atoms with Crippen LogP contribution in [-0.2, 0) is 4.74 Å². The molecule has 0 atom stereocenters. The molecule has 0 aliphatic heterocycles. The molecule has 0 radical (unpaired) electrons. The maximum atomic E-state index is 12.1. The predicted octanol–water partition coefficient (Wildman–Crippen LogP) is 3.36. The molecule has 0 saturated heterocycles.